The van der Waals surface area contributed by atoms with Crippen molar-refractivity contribution in [1.82, 2.24) is 9.97 Å². The van der Waals surface area contributed by atoms with Gasteiger partial charge in [0.15, 0.2) is 17.5 Å². The minimum atomic E-state index is -0.284. The molecule has 0 aliphatic heterocycles. The van der Waals surface area contributed by atoms with Gasteiger partial charge in [0.1, 0.15) is 6.54 Å². The second kappa shape index (κ2) is 8.83. The van der Waals surface area contributed by atoms with E-state index in [0.29, 0.717) is 41.4 Å². The van der Waals surface area contributed by atoms with E-state index in [1.54, 1.807) is 25.3 Å². The van der Waals surface area contributed by atoms with Gasteiger partial charge in [0, 0.05) is 11.3 Å². The average Bonchev–Trinajstić information content (AvgIpc) is 3.07. The van der Waals surface area contributed by atoms with Crippen LogP contribution in [0.15, 0.2) is 41.2 Å². The van der Waals surface area contributed by atoms with Crippen LogP contribution in [0.5, 0.6) is 11.5 Å². The number of hydrogen-bond acceptors (Lipinski definition) is 4. The van der Waals surface area contributed by atoms with Gasteiger partial charge in [-0.1, -0.05) is 0 Å². The van der Waals surface area contributed by atoms with Gasteiger partial charge in [-0.15, -0.1) is 0 Å². The lowest BCUT2D eigenvalue weighted by Gasteiger charge is -2.21. The summed E-state index contributed by atoms with van der Waals surface area (Å²) in [6.07, 6.45) is 0. The summed E-state index contributed by atoms with van der Waals surface area (Å²) in [4.78, 5) is 30.5. The van der Waals surface area contributed by atoms with Gasteiger partial charge in [-0.2, -0.15) is 0 Å². The van der Waals surface area contributed by atoms with Crippen LogP contribution in [-0.4, -0.2) is 42.7 Å². The van der Waals surface area contributed by atoms with Crippen molar-refractivity contribution in [1.29, 1.82) is 0 Å². The topological polar surface area (TPSA) is 101 Å². The summed E-state index contributed by atoms with van der Waals surface area (Å²) < 4.78 is 11.0. The van der Waals surface area contributed by atoms with Crippen LogP contribution in [0, 0.1) is 0 Å². The Balaban J connectivity index is 1.66. The Bertz CT molecular complexity index is 1060. The Morgan fingerprint density at radius 3 is 2.62 bits per heavy atom. The number of nitrogens with one attached hydrogen (secondary N) is 4. The van der Waals surface area contributed by atoms with E-state index < -0.39 is 0 Å². The van der Waals surface area contributed by atoms with Crippen LogP contribution in [0.25, 0.3) is 11.0 Å². The Hall–Kier alpha value is -3.26. The van der Waals surface area contributed by atoms with Gasteiger partial charge in [0.2, 0.25) is 0 Å². The summed E-state index contributed by atoms with van der Waals surface area (Å²) in [5, 5.41) is 2.92. The minimum Gasteiger partial charge on any atom is -0.493 e. The number of benzene rings is 2. The van der Waals surface area contributed by atoms with Crippen LogP contribution in [0.3, 0.4) is 0 Å². The van der Waals surface area contributed by atoms with E-state index in [1.165, 1.54) is 0 Å². The van der Waals surface area contributed by atoms with Crippen molar-refractivity contribution >= 4 is 22.6 Å². The molecule has 29 heavy (non-hydrogen) atoms. The number of anilines is 1. The summed E-state index contributed by atoms with van der Waals surface area (Å²) in [5.41, 5.74) is 2.77. The largest absolute Gasteiger partial charge is 0.493 e. The molecule has 0 spiro atoms. The molecule has 0 saturated heterocycles. The number of H-pyrrole nitrogens is 2. The van der Waals surface area contributed by atoms with E-state index >= 15 is 0 Å². The number of carbonyl (C=O) groups excluding carboxylic acids is 1. The van der Waals surface area contributed by atoms with Crippen molar-refractivity contribution in [2.45, 2.75) is 26.4 Å². The Kier molecular flexibility index (Phi) is 6.23. The van der Waals surface area contributed by atoms with Gasteiger partial charge in [0.25, 0.3) is 5.91 Å². The molecule has 0 radical (unpaired) electrons. The van der Waals surface area contributed by atoms with Crippen molar-refractivity contribution in [3.05, 3.63) is 52.4 Å². The molecule has 154 valence electrons. The van der Waals surface area contributed by atoms with Crippen molar-refractivity contribution in [3.63, 3.8) is 0 Å². The van der Waals surface area contributed by atoms with Crippen molar-refractivity contribution in [2.75, 3.05) is 26.1 Å². The molecule has 1 aromatic heterocycles. The standard InChI is InChI=1S/C21H26N4O4/c1-5-29-18-9-6-14(10-19(18)28-4)12-25(3)13(2)20(26)22-15-7-8-16-17(11-15)24-21(27)23-16/h6-11,13H,5,12H2,1-4H3,(H,22,26)(H2,23,24,27)/p+1/t13-/m1/s1. The summed E-state index contributed by atoms with van der Waals surface area (Å²) in [5.74, 6) is 1.29. The van der Waals surface area contributed by atoms with Crippen LogP contribution in [-0.2, 0) is 11.3 Å². The van der Waals surface area contributed by atoms with Gasteiger partial charge in [-0.3, -0.25) is 4.79 Å². The monoisotopic (exact) mass is 399 g/mol. The first kappa shape index (κ1) is 20.5. The zero-order valence-corrected chi connectivity index (χ0v) is 17.1. The second-order valence-corrected chi connectivity index (χ2v) is 6.99. The predicted molar refractivity (Wildman–Crippen MR) is 112 cm³/mol. The molecule has 0 bridgehead atoms. The molecule has 3 rings (SSSR count). The second-order valence-electron chi connectivity index (χ2n) is 6.99. The molecule has 1 heterocycles. The molecule has 3 aromatic rings. The van der Waals surface area contributed by atoms with E-state index in [4.69, 9.17) is 9.47 Å². The van der Waals surface area contributed by atoms with Crippen molar-refractivity contribution in [2.24, 2.45) is 0 Å². The molecule has 8 nitrogen and oxygen atoms in total. The van der Waals surface area contributed by atoms with E-state index in [-0.39, 0.29) is 17.6 Å². The highest BCUT2D eigenvalue weighted by Gasteiger charge is 2.22. The average molecular weight is 399 g/mol. The zero-order chi connectivity index (χ0) is 21.0. The lowest BCUT2D eigenvalue weighted by Crippen LogP contribution is -3.12. The van der Waals surface area contributed by atoms with Crippen molar-refractivity contribution in [3.8, 4) is 11.5 Å². The summed E-state index contributed by atoms with van der Waals surface area (Å²) in [7, 11) is 3.59. The predicted octanol–water partition coefficient (Wildman–Crippen LogP) is 1.31. The van der Waals surface area contributed by atoms with Gasteiger partial charge in [0.05, 0.1) is 31.8 Å². The normalized spacial score (nSPS) is 13.1. The van der Waals surface area contributed by atoms with Gasteiger partial charge in [-0.05, 0) is 50.2 Å². The maximum absolute atomic E-state index is 12.7. The summed E-state index contributed by atoms with van der Waals surface area (Å²) in [6, 6.07) is 10.8. The van der Waals surface area contributed by atoms with Crippen LogP contribution < -0.4 is 25.4 Å². The van der Waals surface area contributed by atoms with Gasteiger partial charge < -0.3 is 29.7 Å². The first-order chi connectivity index (χ1) is 13.9. The minimum absolute atomic E-state index is 0.0994. The number of hydrogen-bond donors (Lipinski definition) is 4. The number of aromatic amines is 2. The lowest BCUT2D eigenvalue weighted by atomic mass is 10.1. The molecule has 0 saturated carbocycles. The molecule has 1 amide bonds. The van der Waals surface area contributed by atoms with Crippen molar-refractivity contribution < 1.29 is 19.2 Å². The first-order valence-corrected chi connectivity index (χ1v) is 9.56. The number of ether oxygens (including phenoxy) is 2. The number of rotatable bonds is 8. The SMILES string of the molecule is CCOc1ccc(C[NH+](C)[C@H](C)C(=O)Nc2ccc3[nH]c(=O)[nH]c3c2)cc1OC. The molecule has 2 atom stereocenters. The number of quaternary nitrogens is 1. The van der Waals surface area contributed by atoms with E-state index in [9.17, 15) is 9.59 Å². The molecule has 2 aromatic carbocycles. The smallest absolute Gasteiger partial charge is 0.323 e. The number of aromatic nitrogens is 2. The zero-order valence-electron chi connectivity index (χ0n) is 17.1. The van der Waals surface area contributed by atoms with E-state index in [1.807, 2.05) is 39.1 Å². The van der Waals surface area contributed by atoms with E-state index in [2.05, 4.69) is 15.3 Å². The quantitative estimate of drug-likeness (QED) is 0.459. The molecular formula is C21H27N4O4+. The van der Waals surface area contributed by atoms with Crippen LogP contribution in [0.4, 0.5) is 5.69 Å². The first-order valence-electron chi connectivity index (χ1n) is 9.56. The van der Waals surface area contributed by atoms with Gasteiger partial charge >= 0.3 is 5.69 Å². The third-order valence-corrected chi connectivity index (χ3v) is 4.93. The van der Waals surface area contributed by atoms with Gasteiger partial charge in [-0.25, -0.2) is 4.79 Å². The van der Waals surface area contributed by atoms with Crippen LogP contribution in [0.1, 0.15) is 19.4 Å². The lowest BCUT2D eigenvalue weighted by molar-refractivity contribution is -0.907. The molecule has 8 heteroatoms. The molecule has 0 aliphatic carbocycles. The van der Waals surface area contributed by atoms with Crippen LogP contribution >= 0.6 is 0 Å². The Labute approximate surface area is 168 Å². The molecular weight excluding hydrogens is 372 g/mol. The maximum atomic E-state index is 12.7. The number of amides is 1. The van der Waals surface area contributed by atoms with Crippen LogP contribution in [0.2, 0.25) is 0 Å². The van der Waals surface area contributed by atoms with E-state index in [0.717, 1.165) is 10.5 Å². The highest BCUT2D eigenvalue weighted by molar-refractivity contribution is 5.95. The third-order valence-electron chi connectivity index (χ3n) is 4.93. The summed E-state index contributed by atoms with van der Waals surface area (Å²) >= 11 is 0. The Morgan fingerprint density at radius 2 is 1.90 bits per heavy atom. The number of carbonyl (C=O) groups is 1. The maximum Gasteiger partial charge on any atom is 0.323 e. The molecule has 1 unspecified atom stereocenters. The fraction of sp³-hybridized carbons (Fsp3) is 0.333. The number of fused-ring (bicyclic) bond motifs is 1. The highest BCUT2D eigenvalue weighted by Crippen LogP contribution is 2.27. The fourth-order valence-corrected chi connectivity index (χ4v) is 3.16. The number of likely N-dealkylation sites (N-methyl/N-ethyl adjacent to an activating group) is 1. The highest BCUT2D eigenvalue weighted by atomic mass is 16.5. The summed E-state index contributed by atoms with van der Waals surface area (Å²) in [6.45, 7) is 5.03. The third kappa shape index (κ3) is 4.78. The molecule has 0 fully saturated rings. The fourth-order valence-electron chi connectivity index (χ4n) is 3.16. The molecule has 0 aliphatic rings. The Morgan fingerprint density at radius 1 is 1.14 bits per heavy atom. The number of methoxy groups -OCH3 is 1. The number of imidazole rings is 1. The molecule has 4 N–H and O–H groups in total.